The number of hydrogen-bond acceptors (Lipinski definition) is 27. The number of H-pyrrole nitrogens is 1. The molecular formula is C80H114N14O27. The molecule has 11 amide bonds. The predicted molar refractivity (Wildman–Crippen MR) is 429 cm³/mol. The number of anilines is 1. The van der Waals surface area contributed by atoms with Crippen LogP contribution in [0.2, 0.25) is 0 Å². The summed E-state index contributed by atoms with van der Waals surface area (Å²) in [6.07, 6.45) is -0.536. The summed E-state index contributed by atoms with van der Waals surface area (Å²) >= 11 is 0. The number of aliphatic hydroxyl groups excluding tert-OH is 1. The number of aliphatic carboxylic acids is 2. The normalized spacial score (nSPS) is 20.6. The number of aliphatic hydroxyl groups is 1. The highest BCUT2D eigenvalue weighted by atomic mass is 16.5. The predicted octanol–water partition coefficient (Wildman–Crippen LogP) is -1.51. The van der Waals surface area contributed by atoms with E-state index in [9.17, 15) is 111 Å². The van der Waals surface area contributed by atoms with Crippen molar-refractivity contribution in [2.75, 3.05) is 51.3 Å². The Hall–Kier alpha value is -12.4. The fraction of sp³-hybridized carbons (Fsp3) is 0.562. The molecule has 121 heavy (non-hydrogen) atoms. The molecule has 1 aromatic heterocycles. The number of aromatic nitrogens is 1. The number of para-hydroxylation sites is 2. The molecule has 2 aromatic carbocycles. The Kier molecular flexibility index (Phi) is 47.0. The first-order valence-corrected chi connectivity index (χ1v) is 39.8. The molecule has 1 aliphatic heterocycles. The van der Waals surface area contributed by atoms with Gasteiger partial charge in [-0.3, -0.25) is 91.1 Å². The van der Waals surface area contributed by atoms with Crippen molar-refractivity contribution in [3.63, 3.8) is 0 Å². The minimum Gasteiger partial charge on any atom is -0.481 e. The van der Waals surface area contributed by atoms with Crippen molar-refractivity contribution in [2.24, 2.45) is 35.1 Å². The molecule has 3 aromatic rings. The van der Waals surface area contributed by atoms with Crippen molar-refractivity contribution in [1.29, 1.82) is 0 Å². The lowest BCUT2D eigenvalue weighted by Gasteiger charge is -2.29. The van der Waals surface area contributed by atoms with E-state index in [-0.39, 0.29) is 63.0 Å². The second-order valence-electron chi connectivity index (χ2n) is 28.9. The number of cyclic esters (lactones) is 1. The van der Waals surface area contributed by atoms with Crippen molar-refractivity contribution in [3.05, 3.63) is 65.9 Å². The monoisotopic (exact) mass is 1700 g/mol. The van der Waals surface area contributed by atoms with E-state index in [0.29, 0.717) is 35.7 Å². The maximum absolute atomic E-state index is 15.0. The van der Waals surface area contributed by atoms with Gasteiger partial charge in [0.15, 0.2) is 23.1 Å². The molecule has 4 rings (SSSR count). The van der Waals surface area contributed by atoms with Gasteiger partial charge < -0.3 is 109 Å². The lowest BCUT2D eigenvalue weighted by atomic mass is 9.84. The Bertz CT molecular complexity index is 4080. The number of unbranched alkanes of at least 4 members (excludes halogenated alkanes) is 6. The number of benzene rings is 2. The summed E-state index contributed by atoms with van der Waals surface area (Å²) in [6, 6.07) is -2.08. The van der Waals surface area contributed by atoms with E-state index < -0.39 is 262 Å². The van der Waals surface area contributed by atoms with Gasteiger partial charge in [0.2, 0.25) is 65.0 Å². The number of aldehydes is 1. The SMILES string of the molecule is CCC=O.CCCCCCCCCC(=O)N[C@@H](Cc1c[nH]c2ccccc12)C(=O)N[C@H](CC(N)=O)C(=O)C[C@@H](CC(=O)O)C(=O)N[C@@H]1C(=O)NCC(=O)N[C@@H](CCCN)C(=O)C[C@@H](COC=O)C(=O)N[C@H](C)C(=O)N[C@@H](COC=O)C(=O)NCC(=O)N[C@H](CO)C(=O)C[C@@H]([C@H](C)CC(=O)O)C(=O)N[C@@H](CC(=O)c2ccccc2NCC)C(=O)O[C@@H]1C. The number of hydrogen-bond donors (Lipinski definition) is 17. The number of carbonyl (C=O) groups excluding carboxylic acids is 19. The summed E-state index contributed by atoms with van der Waals surface area (Å²) in [5, 5.41) is 57.4. The van der Waals surface area contributed by atoms with Crippen LogP contribution < -0.4 is 70.0 Å². The second kappa shape index (κ2) is 55.3. The molecule has 0 radical (unpaired) electrons. The van der Waals surface area contributed by atoms with Gasteiger partial charge in [0.05, 0.1) is 56.5 Å². The lowest BCUT2D eigenvalue weighted by molar-refractivity contribution is -0.156. The maximum Gasteiger partial charge on any atom is 0.329 e. The Morgan fingerprint density at radius 2 is 1.24 bits per heavy atom. The number of ketones is 4. The van der Waals surface area contributed by atoms with Crippen molar-refractivity contribution < 1.29 is 130 Å². The molecule has 2 heterocycles. The number of carboxylic acids is 2. The summed E-state index contributed by atoms with van der Waals surface area (Å²) in [6.45, 7) is 3.68. The number of amides is 11. The van der Waals surface area contributed by atoms with Crippen LogP contribution >= 0.6 is 0 Å². The van der Waals surface area contributed by atoms with Gasteiger partial charge in [-0.05, 0) is 76.3 Å². The average molecular weight is 1700 g/mol. The van der Waals surface area contributed by atoms with E-state index in [2.05, 4.69) is 70.4 Å². The van der Waals surface area contributed by atoms with Crippen LogP contribution in [0.15, 0.2) is 54.7 Å². The van der Waals surface area contributed by atoms with Gasteiger partial charge >= 0.3 is 17.9 Å². The minimum absolute atomic E-state index is 0.00424. The third kappa shape index (κ3) is 37.2. The molecule has 13 atom stereocenters. The zero-order valence-electron chi connectivity index (χ0n) is 68.6. The molecule has 0 aliphatic carbocycles. The van der Waals surface area contributed by atoms with Crippen LogP contribution in [-0.2, 0) is 117 Å². The zero-order valence-corrected chi connectivity index (χ0v) is 68.6. The van der Waals surface area contributed by atoms with Crippen molar-refractivity contribution in [2.45, 2.75) is 218 Å². The van der Waals surface area contributed by atoms with Crippen LogP contribution in [0.3, 0.4) is 0 Å². The first kappa shape index (κ1) is 103. The molecule has 1 saturated heterocycles. The minimum atomic E-state index is -2.35. The van der Waals surface area contributed by atoms with E-state index in [1.807, 2.05) is 6.92 Å². The van der Waals surface area contributed by atoms with Gasteiger partial charge in [0.25, 0.3) is 12.9 Å². The van der Waals surface area contributed by atoms with Gasteiger partial charge in [0.1, 0.15) is 61.9 Å². The molecule has 666 valence electrons. The number of Topliss-reactive ketones (excluding diaryl/α,β-unsaturated/α-hetero) is 4. The van der Waals surface area contributed by atoms with E-state index in [1.54, 1.807) is 43.5 Å². The van der Waals surface area contributed by atoms with Crippen LogP contribution in [-0.4, -0.2) is 246 Å². The Labute approximate surface area is 697 Å². The largest absolute Gasteiger partial charge is 0.481 e. The van der Waals surface area contributed by atoms with Crippen LogP contribution in [0, 0.1) is 23.7 Å². The van der Waals surface area contributed by atoms with Gasteiger partial charge in [0, 0.05) is 92.2 Å². The fourth-order valence-corrected chi connectivity index (χ4v) is 12.7. The number of esters is 1. The zero-order chi connectivity index (χ0) is 90.3. The number of aromatic amines is 1. The van der Waals surface area contributed by atoms with Crippen molar-refractivity contribution in [3.8, 4) is 0 Å². The summed E-state index contributed by atoms with van der Waals surface area (Å²) in [7, 11) is 0. The Morgan fingerprint density at radius 1 is 0.636 bits per heavy atom. The van der Waals surface area contributed by atoms with E-state index in [4.69, 9.17) is 25.7 Å². The first-order chi connectivity index (χ1) is 57.6. The number of nitrogens with two attached hydrogens (primary N) is 2. The Morgan fingerprint density at radius 3 is 1.86 bits per heavy atom. The standard InChI is InChI=1S/C77H108N14O26.C3H6O/c1-6-8-9-10-11-12-13-24-64(100)86-55(27-46-34-81-51-21-16-14-19-48(46)51)75(112)88-54(33-63(79)99)61(97)28-45(30-68(105)106)71(108)91-69-44(5)117-77(114)56(32-59(95)49-20-15-17-22-52(49)80-7-2)89-73(110)50(42(3)26-67(103)104)31-62(98)57(37-92)87-66(102)35-82-74(111)58(39-116-41-94)90-70(107)43(4)84-72(109)47(38-115-40-93)29-60(96)53(23-18-25-78)85-65(101)36-83-76(69)113;1-2-3-4/h14-17,19-22,34,40-45,47,50,53-58,69,80-81,92H,6-13,18,23-33,35-39,78H2,1-5H3,(H2,79,99)(H,82,111)(H,83,113)(H,84,109)(H,85,101)(H,86,100)(H,87,102)(H,88,112)(H,89,110)(H,90,107)(H,91,108)(H,103,104)(H,105,106);3H,2H2,1H3/t42-,43-,44-,45+,47+,50+,53+,54-,55+,56+,57-,58+,69+;/m1./s1. The maximum atomic E-state index is 15.0. The summed E-state index contributed by atoms with van der Waals surface area (Å²) in [5.41, 5.74) is 12.8. The molecule has 0 spiro atoms. The molecule has 1 fully saturated rings. The van der Waals surface area contributed by atoms with Gasteiger partial charge in [-0.25, -0.2) is 4.79 Å². The van der Waals surface area contributed by atoms with Gasteiger partial charge in [-0.1, -0.05) is 89.6 Å². The molecule has 0 saturated carbocycles. The molecule has 1 aliphatic rings. The van der Waals surface area contributed by atoms with Crippen molar-refractivity contribution >= 4 is 142 Å². The van der Waals surface area contributed by atoms with Crippen LogP contribution in [0.25, 0.3) is 10.9 Å². The third-order valence-electron chi connectivity index (χ3n) is 19.2. The number of ether oxygens (including phenoxy) is 3. The fourth-order valence-electron chi connectivity index (χ4n) is 12.7. The average Bonchev–Trinajstić information content (AvgIpc) is 1.65. The molecular weight excluding hydrogens is 1590 g/mol. The number of fused-ring (bicyclic) bond motifs is 1. The highest BCUT2D eigenvalue weighted by molar-refractivity contribution is 6.05. The quantitative estimate of drug-likeness (QED) is 0.0101. The highest BCUT2D eigenvalue weighted by Crippen LogP contribution is 2.26. The van der Waals surface area contributed by atoms with Crippen LogP contribution in [0.1, 0.15) is 173 Å². The number of carboxylic acid groups (broad SMARTS) is 2. The van der Waals surface area contributed by atoms with Crippen molar-refractivity contribution in [1.82, 2.24) is 58.2 Å². The van der Waals surface area contributed by atoms with E-state index in [0.717, 1.165) is 52.2 Å². The summed E-state index contributed by atoms with van der Waals surface area (Å²) < 4.78 is 15.3. The summed E-state index contributed by atoms with van der Waals surface area (Å²) in [5.74, 6) is -29.0. The molecule has 0 unspecified atom stereocenters. The topological polar surface area (TPSA) is 647 Å². The first-order valence-electron chi connectivity index (χ1n) is 39.8. The number of rotatable bonds is 41. The molecule has 41 heteroatoms. The second-order valence-corrected chi connectivity index (χ2v) is 28.9. The molecule has 0 bridgehead atoms. The van der Waals surface area contributed by atoms with Crippen LogP contribution in [0.5, 0.6) is 0 Å². The van der Waals surface area contributed by atoms with Gasteiger partial charge in [-0.15, -0.1) is 0 Å². The number of nitrogens with one attached hydrogen (secondary N) is 12. The highest BCUT2D eigenvalue weighted by Gasteiger charge is 2.41. The Balaban J connectivity index is 0.00000923. The lowest BCUT2D eigenvalue weighted by Crippen LogP contribution is -2.57. The van der Waals surface area contributed by atoms with E-state index in [1.165, 1.54) is 25.1 Å². The molecule has 19 N–H and O–H groups in total. The third-order valence-corrected chi connectivity index (χ3v) is 19.2. The molecule has 41 nitrogen and oxygen atoms in total. The van der Waals surface area contributed by atoms with E-state index >= 15 is 4.79 Å². The number of carbonyl (C=O) groups is 21. The van der Waals surface area contributed by atoms with Crippen LogP contribution in [0.4, 0.5) is 5.69 Å². The summed E-state index contributed by atoms with van der Waals surface area (Å²) in [4.78, 5) is 287. The number of primary amides is 1. The smallest absolute Gasteiger partial charge is 0.329 e. The van der Waals surface area contributed by atoms with Gasteiger partial charge in [-0.2, -0.15) is 0 Å².